The molecule has 0 radical (unpaired) electrons. The molecule has 0 spiro atoms. The van der Waals surface area contributed by atoms with Gasteiger partial charge in [0.2, 0.25) is 0 Å². The molecule has 2 N–H and O–H groups in total. The van der Waals surface area contributed by atoms with Gasteiger partial charge in [0.25, 0.3) is 5.91 Å². The number of hydrazine groups is 1. The Hall–Kier alpha value is -2.89. The van der Waals surface area contributed by atoms with E-state index in [1.165, 1.54) is 28.7 Å². The molecule has 0 atom stereocenters. The number of benzene rings is 3. The Morgan fingerprint density at radius 2 is 1.30 bits per heavy atom. The molecule has 1 amide bonds. The standard InChI is InChI=1S/C23H18N4O2S4/c28-18-10-4-1-7-15(18)21(29)24-25(13-26-16-8-2-5-11-19(16)32-22(26)30)14-27-17-9-3-6-12-20(17)33-23(27)31/h1-12,28H,13-14H2,(H,24,29). The van der Waals surface area contributed by atoms with Crippen molar-refractivity contribution in [3.05, 3.63) is 86.3 Å². The van der Waals surface area contributed by atoms with Gasteiger partial charge in [-0.2, -0.15) is 5.01 Å². The number of hydrogen-bond acceptors (Lipinski definition) is 7. The lowest BCUT2D eigenvalue weighted by Crippen LogP contribution is -2.44. The van der Waals surface area contributed by atoms with Crippen LogP contribution in [0.15, 0.2) is 72.8 Å². The van der Waals surface area contributed by atoms with Crippen LogP contribution in [0.3, 0.4) is 0 Å². The molecule has 6 nitrogen and oxygen atoms in total. The van der Waals surface area contributed by atoms with E-state index in [1.807, 2.05) is 57.7 Å². The van der Waals surface area contributed by atoms with Crippen LogP contribution in [0.4, 0.5) is 0 Å². The third kappa shape index (κ3) is 4.35. The molecule has 0 bridgehead atoms. The van der Waals surface area contributed by atoms with Gasteiger partial charge in [0.1, 0.15) is 5.75 Å². The Balaban J connectivity index is 1.54. The second-order valence-corrected chi connectivity index (χ2v) is 10.7. The summed E-state index contributed by atoms with van der Waals surface area (Å²) >= 11 is 14.3. The van der Waals surface area contributed by atoms with E-state index in [0.717, 1.165) is 20.4 Å². The highest BCUT2D eigenvalue weighted by Crippen LogP contribution is 2.25. The van der Waals surface area contributed by atoms with Crippen molar-refractivity contribution in [3.8, 4) is 5.75 Å². The molecule has 166 valence electrons. The summed E-state index contributed by atoms with van der Waals surface area (Å²) in [5.74, 6) is -0.490. The Morgan fingerprint density at radius 3 is 1.85 bits per heavy atom. The molecule has 5 rings (SSSR count). The smallest absolute Gasteiger partial charge is 0.269 e. The third-order valence-corrected chi connectivity index (χ3v) is 8.04. The first kappa shape index (κ1) is 21.9. The summed E-state index contributed by atoms with van der Waals surface area (Å²) in [5, 5.41) is 11.9. The number of phenols is 1. The van der Waals surface area contributed by atoms with Crippen LogP contribution in [0.2, 0.25) is 0 Å². The van der Waals surface area contributed by atoms with E-state index in [1.54, 1.807) is 23.2 Å². The predicted octanol–water partition coefficient (Wildman–Crippen LogP) is 6.15. The van der Waals surface area contributed by atoms with Crippen molar-refractivity contribution in [3.63, 3.8) is 0 Å². The number of para-hydroxylation sites is 3. The molecule has 0 unspecified atom stereocenters. The number of carbonyl (C=O) groups excluding carboxylic acids is 1. The minimum atomic E-state index is -0.412. The summed E-state index contributed by atoms with van der Waals surface area (Å²) in [6.07, 6.45) is 0. The fourth-order valence-corrected chi connectivity index (χ4v) is 6.24. The number of amides is 1. The van der Waals surface area contributed by atoms with Gasteiger partial charge in [0.05, 0.1) is 39.3 Å². The molecule has 10 heteroatoms. The van der Waals surface area contributed by atoms with Crippen molar-refractivity contribution in [2.24, 2.45) is 0 Å². The van der Waals surface area contributed by atoms with E-state index in [2.05, 4.69) is 5.43 Å². The molecule has 5 aromatic rings. The first-order valence-electron chi connectivity index (χ1n) is 10.0. The first-order valence-corrected chi connectivity index (χ1v) is 12.5. The average molecular weight is 511 g/mol. The van der Waals surface area contributed by atoms with Gasteiger partial charge >= 0.3 is 0 Å². The van der Waals surface area contributed by atoms with E-state index in [4.69, 9.17) is 24.4 Å². The molecular weight excluding hydrogens is 493 g/mol. The van der Waals surface area contributed by atoms with Crippen LogP contribution in [0.1, 0.15) is 10.4 Å². The van der Waals surface area contributed by atoms with Gasteiger partial charge < -0.3 is 14.2 Å². The Bertz CT molecular complexity index is 1510. The van der Waals surface area contributed by atoms with E-state index in [0.29, 0.717) is 21.2 Å². The Kier molecular flexibility index (Phi) is 6.09. The van der Waals surface area contributed by atoms with Crippen molar-refractivity contribution in [2.75, 3.05) is 0 Å². The van der Waals surface area contributed by atoms with Crippen LogP contribution in [-0.4, -0.2) is 25.2 Å². The Morgan fingerprint density at radius 1 is 0.818 bits per heavy atom. The highest BCUT2D eigenvalue weighted by atomic mass is 32.2. The number of phenolic OH excluding ortho intramolecular Hbond substituents is 1. The van der Waals surface area contributed by atoms with Crippen molar-refractivity contribution in [1.29, 1.82) is 0 Å². The molecular formula is C23H18N4O2S4. The van der Waals surface area contributed by atoms with E-state index >= 15 is 0 Å². The highest BCUT2D eigenvalue weighted by Gasteiger charge is 2.18. The normalized spacial score (nSPS) is 11.4. The number of thiazole rings is 2. The van der Waals surface area contributed by atoms with Crippen LogP contribution in [-0.2, 0) is 13.3 Å². The number of aromatic nitrogens is 2. The van der Waals surface area contributed by atoms with Gasteiger partial charge in [-0.3, -0.25) is 10.2 Å². The van der Waals surface area contributed by atoms with E-state index in [9.17, 15) is 9.90 Å². The molecule has 2 aromatic heterocycles. The van der Waals surface area contributed by atoms with Gasteiger partial charge in [0, 0.05) is 0 Å². The zero-order chi connectivity index (χ0) is 22.9. The third-order valence-electron chi connectivity index (χ3n) is 5.18. The summed E-state index contributed by atoms with van der Waals surface area (Å²) in [4.78, 5) is 13.1. The van der Waals surface area contributed by atoms with E-state index < -0.39 is 5.91 Å². The lowest BCUT2D eigenvalue weighted by Gasteiger charge is -2.25. The SMILES string of the molecule is O=C(NN(Cn1c(=S)sc2ccccc21)Cn1c(=S)sc2ccccc21)c1ccccc1O. The van der Waals surface area contributed by atoms with Crippen LogP contribution in [0, 0.1) is 7.91 Å². The second kappa shape index (κ2) is 9.16. The summed E-state index contributed by atoms with van der Waals surface area (Å²) in [7, 11) is 0. The second-order valence-electron chi connectivity index (χ2n) is 7.31. The largest absolute Gasteiger partial charge is 0.507 e. The summed E-state index contributed by atoms with van der Waals surface area (Å²) < 4.78 is 7.53. The fraction of sp³-hybridized carbons (Fsp3) is 0.0870. The molecule has 0 aliphatic rings. The van der Waals surface area contributed by atoms with Crippen molar-refractivity contribution in [2.45, 2.75) is 13.3 Å². The summed E-state index contributed by atoms with van der Waals surface area (Å²) in [6, 6.07) is 22.4. The monoisotopic (exact) mass is 510 g/mol. The average Bonchev–Trinajstić information content (AvgIpc) is 3.30. The van der Waals surface area contributed by atoms with E-state index in [-0.39, 0.29) is 11.3 Å². The zero-order valence-electron chi connectivity index (χ0n) is 17.2. The number of nitrogens with one attached hydrogen (secondary N) is 1. The Labute approximate surface area is 207 Å². The molecule has 33 heavy (non-hydrogen) atoms. The molecule has 2 heterocycles. The van der Waals surface area contributed by atoms with Crippen molar-refractivity contribution < 1.29 is 9.90 Å². The van der Waals surface area contributed by atoms with Gasteiger partial charge in [0.15, 0.2) is 7.91 Å². The number of aromatic hydroxyl groups is 1. The maximum absolute atomic E-state index is 13.1. The van der Waals surface area contributed by atoms with Crippen LogP contribution in [0.5, 0.6) is 5.75 Å². The number of carbonyl (C=O) groups is 1. The van der Waals surface area contributed by atoms with Crippen LogP contribution < -0.4 is 5.43 Å². The number of hydrogen-bond donors (Lipinski definition) is 2. The molecule has 0 saturated carbocycles. The number of nitrogens with zero attached hydrogens (tertiary/aromatic N) is 3. The fourth-order valence-electron chi connectivity index (χ4n) is 3.62. The maximum Gasteiger partial charge on any atom is 0.269 e. The van der Waals surface area contributed by atoms with Gasteiger partial charge in [-0.25, -0.2) is 0 Å². The first-order chi connectivity index (χ1) is 16.0. The molecule has 3 aromatic carbocycles. The van der Waals surface area contributed by atoms with Crippen molar-refractivity contribution in [1.82, 2.24) is 19.6 Å². The molecule has 0 fully saturated rings. The maximum atomic E-state index is 13.1. The molecule has 0 saturated heterocycles. The quantitative estimate of drug-likeness (QED) is 0.212. The van der Waals surface area contributed by atoms with Crippen LogP contribution in [0.25, 0.3) is 20.4 Å². The predicted molar refractivity (Wildman–Crippen MR) is 139 cm³/mol. The summed E-state index contributed by atoms with van der Waals surface area (Å²) in [5.41, 5.74) is 5.13. The summed E-state index contributed by atoms with van der Waals surface area (Å²) in [6.45, 7) is 0.627. The van der Waals surface area contributed by atoms with Crippen LogP contribution >= 0.6 is 47.1 Å². The zero-order valence-corrected chi connectivity index (χ0v) is 20.4. The van der Waals surface area contributed by atoms with Gasteiger partial charge in [-0.1, -0.05) is 36.4 Å². The van der Waals surface area contributed by atoms with Gasteiger partial charge in [-0.05, 0) is 60.8 Å². The lowest BCUT2D eigenvalue weighted by molar-refractivity contribution is 0.0626. The highest BCUT2D eigenvalue weighted by molar-refractivity contribution is 7.74. The minimum absolute atomic E-state index is 0.0786. The molecule has 0 aliphatic carbocycles. The number of rotatable bonds is 6. The van der Waals surface area contributed by atoms with Crippen molar-refractivity contribution >= 4 is 73.4 Å². The minimum Gasteiger partial charge on any atom is -0.507 e. The molecule has 0 aliphatic heterocycles. The van der Waals surface area contributed by atoms with Gasteiger partial charge in [-0.15, -0.1) is 22.7 Å². The topological polar surface area (TPSA) is 62.4 Å². The number of fused-ring (bicyclic) bond motifs is 2. The lowest BCUT2D eigenvalue weighted by atomic mass is 10.2.